The third kappa shape index (κ3) is 3.99. The minimum absolute atomic E-state index is 0.162. The number of rotatable bonds is 3. The first-order valence-corrected chi connectivity index (χ1v) is 8.54. The van der Waals surface area contributed by atoms with E-state index in [0.29, 0.717) is 34.7 Å². The molecule has 1 aromatic carbocycles. The molecule has 0 saturated carbocycles. The van der Waals surface area contributed by atoms with Gasteiger partial charge in [0.25, 0.3) is 0 Å². The Labute approximate surface area is 147 Å². The number of hydrogen-bond acceptors (Lipinski definition) is 2. The summed E-state index contributed by atoms with van der Waals surface area (Å²) in [4.78, 5) is 27.2. The number of amides is 2. The molecule has 6 heteroatoms. The first kappa shape index (κ1) is 18.1. The van der Waals surface area contributed by atoms with Crippen LogP contribution in [-0.4, -0.2) is 29.8 Å². The Morgan fingerprint density at radius 2 is 1.87 bits per heavy atom. The number of benzene rings is 1. The molecule has 1 aromatic rings. The monoisotopic (exact) mass is 356 g/mol. The molecule has 4 nitrogen and oxygen atoms in total. The summed E-state index contributed by atoms with van der Waals surface area (Å²) >= 11 is 12.2. The molecule has 2 rings (SSSR count). The van der Waals surface area contributed by atoms with E-state index in [9.17, 15) is 9.59 Å². The van der Waals surface area contributed by atoms with E-state index in [1.54, 1.807) is 36.9 Å². The van der Waals surface area contributed by atoms with Crippen molar-refractivity contribution in [2.75, 3.05) is 18.4 Å². The van der Waals surface area contributed by atoms with Crippen LogP contribution in [0.25, 0.3) is 0 Å². The predicted molar refractivity (Wildman–Crippen MR) is 93.9 cm³/mol. The van der Waals surface area contributed by atoms with Gasteiger partial charge in [-0.2, -0.15) is 0 Å². The summed E-state index contributed by atoms with van der Waals surface area (Å²) in [6.07, 6.45) is 2.09. The number of nitrogens with one attached hydrogen (secondary N) is 1. The lowest BCUT2D eigenvalue weighted by atomic mass is 9.88. The number of likely N-dealkylation sites (tertiary alicyclic amines) is 1. The number of anilines is 1. The zero-order valence-corrected chi connectivity index (χ0v) is 15.2. The third-order valence-corrected chi connectivity index (χ3v) is 4.88. The van der Waals surface area contributed by atoms with Crippen molar-refractivity contribution in [2.45, 2.75) is 33.6 Å². The fourth-order valence-electron chi connectivity index (χ4n) is 2.75. The van der Waals surface area contributed by atoms with Gasteiger partial charge in [0.1, 0.15) is 5.41 Å². The number of carbonyl (C=O) groups excluding carboxylic acids is 2. The normalized spacial score (nSPS) is 18.7. The maximum absolute atomic E-state index is 12.8. The van der Waals surface area contributed by atoms with E-state index in [1.165, 1.54) is 0 Å². The first-order valence-electron chi connectivity index (χ1n) is 7.78. The maximum Gasteiger partial charge on any atom is 0.239 e. The van der Waals surface area contributed by atoms with Crippen LogP contribution in [0.15, 0.2) is 18.2 Å². The molecule has 0 bridgehead atoms. The summed E-state index contributed by atoms with van der Waals surface area (Å²) in [5.74, 6) is -0.106. The first-order chi connectivity index (χ1) is 10.7. The highest BCUT2D eigenvalue weighted by molar-refractivity contribution is 6.40. The van der Waals surface area contributed by atoms with Gasteiger partial charge in [-0.15, -0.1) is 0 Å². The summed E-state index contributed by atoms with van der Waals surface area (Å²) in [5, 5.41) is 3.40. The van der Waals surface area contributed by atoms with Crippen molar-refractivity contribution in [2.24, 2.45) is 11.3 Å². The van der Waals surface area contributed by atoms with Crippen LogP contribution >= 0.6 is 23.2 Å². The van der Waals surface area contributed by atoms with E-state index < -0.39 is 11.3 Å². The van der Waals surface area contributed by atoms with Gasteiger partial charge in [0, 0.05) is 13.1 Å². The Balaban J connectivity index is 2.15. The Bertz CT molecular complexity index is 596. The van der Waals surface area contributed by atoms with Gasteiger partial charge in [-0.1, -0.05) is 36.2 Å². The van der Waals surface area contributed by atoms with Crippen LogP contribution in [0.4, 0.5) is 5.69 Å². The number of nitrogens with zero attached hydrogens (tertiary/aromatic N) is 1. The maximum atomic E-state index is 12.8. The molecule has 0 radical (unpaired) electrons. The van der Waals surface area contributed by atoms with Gasteiger partial charge < -0.3 is 10.2 Å². The van der Waals surface area contributed by atoms with Crippen LogP contribution < -0.4 is 5.32 Å². The summed E-state index contributed by atoms with van der Waals surface area (Å²) in [6, 6.07) is 4.99. The van der Waals surface area contributed by atoms with Crippen LogP contribution in [0, 0.1) is 11.3 Å². The molecule has 1 aliphatic heterocycles. The molecule has 1 heterocycles. The highest BCUT2D eigenvalue weighted by Gasteiger charge is 2.40. The molecule has 1 atom stereocenters. The molecule has 0 spiro atoms. The second kappa shape index (κ2) is 7.10. The molecule has 0 aliphatic carbocycles. The van der Waals surface area contributed by atoms with E-state index in [-0.39, 0.29) is 5.91 Å². The Kier molecular flexibility index (Phi) is 5.58. The van der Waals surface area contributed by atoms with Gasteiger partial charge in [-0.25, -0.2) is 0 Å². The van der Waals surface area contributed by atoms with Gasteiger partial charge in [-0.3, -0.25) is 9.59 Å². The van der Waals surface area contributed by atoms with Crippen LogP contribution in [0.1, 0.15) is 33.6 Å². The van der Waals surface area contributed by atoms with Crippen molar-refractivity contribution in [3.63, 3.8) is 0 Å². The van der Waals surface area contributed by atoms with Crippen LogP contribution in [0.2, 0.25) is 10.0 Å². The molecule has 1 aliphatic rings. The quantitative estimate of drug-likeness (QED) is 0.824. The number of hydrogen-bond donors (Lipinski definition) is 1. The van der Waals surface area contributed by atoms with Crippen molar-refractivity contribution < 1.29 is 9.59 Å². The van der Waals surface area contributed by atoms with Crippen LogP contribution in [-0.2, 0) is 9.59 Å². The summed E-state index contributed by atoms with van der Waals surface area (Å²) in [5.41, 5.74) is -0.840. The molecule has 126 valence electrons. The zero-order valence-electron chi connectivity index (χ0n) is 13.7. The standard InChI is InChI=1S/C17H22Cl2N2O2/c1-11-6-5-9-21(10-11)16(23)17(2,3)15(22)20-14-12(18)7-4-8-13(14)19/h4,7-8,11H,5-6,9-10H2,1-3H3,(H,20,22). The molecule has 1 fully saturated rings. The van der Waals surface area contributed by atoms with E-state index >= 15 is 0 Å². The summed E-state index contributed by atoms with van der Waals surface area (Å²) in [6.45, 7) is 6.79. The molecule has 1 saturated heterocycles. The lowest BCUT2D eigenvalue weighted by Gasteiger charge is -2.36. The minimum atomic E-state index is -1.18. The molecule has 1 unspecified atom stereocenters. The van der Waals surface area contributed by atoms with Gasteiger partial charge in [0.05, 0.1) is 15.7 Å². The van der Waals surface area contributed by atoms with E-state index in [1.807, 2.05) is 0 Å². The van der Waals surface area contributed by atoms with Crippen molar-refractivity contribution in [1.82, 2.24) is 4.90 Å². The number of piperidine rings is 1. The SMILES string of the molecule is CC1CCCN(C(=O)C(C)(C)C(=O)Nc2c(Cl)cccc2Cl)C1. The Hall–Kier alpha value is -1.26. The molecule has 0 aromatic heterocycles. The molecule has 1 N–H and O–H groups in total. The third-order valence-electron chi connectivity index (χ3n) is 4.25. The summed E-state index contributed by atoms with van der Waals surface area (Å²) in [7, 11) is 0. The fraction of sp³-hybridized carbons (Fsp3) is 0.529. The van der Waals surface area contributed by atoms with Gasteiger partial charge in [0.2, 0.25) is 11.8 Å². The lowest BCUT2D eigenvalue weighted by Crippen LogP contribution is -2.50. The lowest BCUT2D eigenvalue weighted by molar-refractivity contribution is -0.147. The molecular weight excluding hydrogens is 335 g/mol. The van der Waals surface area contributed by atoms with Crippen LogP contribution in [0.5, 0.6) is 0 Å². The van der Waals surface area contributed by atoms with E-state index in [4.69, 9.17) is 23.2 Å². The largest absolute Gasteiger partial charge is 0.342 e. The van der Waals surface area contributed by atoms with Crippen molar-refractivity contribution >= 4 is 40.7 Å². The average molecular weight is 357 g/mol. The highest BCUT2D eigenvalue weighted by Crippen LogP contribution is 2.32. The topological polar surface area (TPSA) is 49.4 Å². The smallest absolute Gasteiger partial charge is 0.239 e. The second-order valence-corrected chi connectivity index (χ2v) is 7.49. The van der Waals surface area contributed by atoms with Crippen molar-refractivity contribution in [1.29, 1.82) is 0 Å². The molecule has 23 heavy (non-hydrogen) atoms. The number of halogens is 2. The predicted octanol–water partition coefficient (Wildman–Crippen LogP) is 4.22. The van der Waals surface area contributed by atoms with Crippen molar-refractivity contribution in [3.05, 3.63) is 28.2 Å². The van der Waals surface area contributed by atoms with Gasteiger partial charge in [-0.05, 0) is 44.7 Å². The molecular formula is C17H22Cl2N2O2. The Morgan fingerprint density at radius 1 is 1.26 bits per heavy atom. The molecule has 2 amide bonds. The van der Waals surface area contributed by atoms with Crippen molar-refractivity contribution in [3.8, 4) is 0 Å². The van der Waals surface area contributed by atoms with Gasteiger partial charge >= 0.3 is 0 Å². The number of carbonyl (C=O) groups is 2. The van der Waals surface area contributed by atoms with E-state index in [2.05, 4.69) is 12.2 Å². The van der Waals surface area contributed by atoms with E-state index in [0.717, 1.165) is 12.8 Å². The summed E-state index contributed by atoms with van der Waals surface area (Å²) < 4.78 is 0. The second-order valence-electron chi connectivity index (χ2n) is 6.67. The average Bonchev–Trinajstić information content (AvgIpc) is 2.50. The fourth-order valence-corrected chi connectivity index (χ4v) is 3.25. The zero-order chi connectivity index (χ0) is 17.2. The minimum Gasteiger partial charge on any atom is -0.342 e. The van der Waals surface area contributed by atoms with Gasteiger partial charge in [0.15, 0.2) is 0 Å². The number of para-hydroxylation sites is 1. The van der Waals surface area contributed by atoms with Crippen LogP contribution in [0.3, 0.4) is 0 Å². The highest BCUT2D eigenvalue weighted by atomic mass is 35.5. The Morgan fingerprint density at radius 3 is 2.43 bits per heavy atom.